The van der Waals surface area contributed by atoms with E-state index >= 15 is 0 Å². The van der Waals surface area contributed by atoms with E-state index in [0.29, 0.717) is 35.5 Å². The highest BCUT2D eigenvalue weighted by Crippen LogP contribution is 2.27. The van der Waals surface area contributed by atoms with Gasteiger partial charge in [-0.05, 0) is 135 Å². The first-order chi connectivity index (χ1) is 40.7. The highest BCUT2D eigenvalue weighted by Gasteiger charge is 2.32. The lowest BCUT2D eigenvalue weighted by atomic mass is 10.1. The van der Waals surface area contributed by atoms with Crippen molar-refractivity contribution >= 4 is 74.5 Å². The molecule has 0 saturated carbocycles. The fraction of sp³-hybridized carbons (Fsp3) is 0.525. The Hall–Kier alpha value is -8.33. The number of esters is 3. The van der Waals surface area contributed by atoms with E-state index < -0.39 is 87.6 Å². The SMILES string of the molecule is COC(=O)C(CNC(=O)c1ccc2c(cnn2CCCNC2=NCCCN2)c1)NS(=O)(=O)c1c(C)cc(OCCCC(=O)NCCNC(=O)C(CCC(=O)OC(C)(C)C)NC(=O)C(CCC(=O)OC(C)(C)C)NC(=O)OCc2ccccc2)cc1C. The molecule has 1 aromatic heterocycles. The van der Waals surface area contributed by atoms with Gasteiger partial charge in [-0.1, -0.05) is 30.3 Å². The summed E-state index contributed by atoms with van der Waals surface area (Å²) in [5, 5.41) is 24.8. The number of aryl methyl sites for hydroxylation is 3. The average molecular weight is 1220 g/mol. The Kier molecular flexibility index (Phi) is 26.1. The maximum absolute atomic E-state index is 13.9. The monoisotopic (exact) mass is 1220 g/mol. The van der Waals surface area contributed by atoms with Crippen LogP contribution in [-0.2, 0) is 70.9 Å². The van der Waals surface area contributed by atoms with Crippen molar-refractivity contribution in [1.29, 1.82) is 0 Å². The van der Waals surface area contributed by atoms with Crippen molar-refractivity contribution in [2.75, 3.05) is 53.0 Å². The van der Waals surface area contributed by atoms with Gasteiger partial charge in [-0.2, -0.15) is 9.82 Å². The van der Waals surface area contributed by atoms with Gasteiger partial charge in [0, 0.05) is 76.0 Å². The summed E-state index contributed by atoms with van der Waals surface area (Å²) in [6, 6.07) is 12.7. The standard InChI is InChI=1S/C59H83N11O15S/c1-38-32-43(33-39(2)51(38)86(79,80)69-46(55(77)81-9)36-65-52(74)41-19-22-47-42(34-41)35-66-70(47)30-15-27-64-56-62-25-14-26-63-56)82-31-13-18-48(71)60-28-29-61-53(75)44(20-23-49(72)84-58(3,4)5)67-54(76)45(21-24-50(73)85-59(6,7)8)68-57(78)83-37-40-16-11-10-12-17-40/h10-12,16-17,19,22,32-35,44-46,69H,13-15,18,20-21,23-31,36-37H2,1-9H3,(H,60,71)(H,61,75)(H,65,74)(H,67,76)(H,68,78)(H2,62,63,64). The van der Waals surface area contributed by atoms with E-state index in [0.717, 1.165) is 49.9 Å². The quantitative estimate of drug-likeness (QED) is 0.0202. The first-order valence-electron chi connectivity index (χ1n) is 28.6. The summed E-state index contributed by atoms with van der Waals surface area (Å²) in [4.78, 5) is 109. The number of aliphatic imine (C=N–C) groups is 1. The summed E-state index contributed by atoms with van der Waals surface area (Å²) in [5.41, 5.74) is 0.728. The number of ether oxygens (including phenoxy) is 5. The minimum atomic E-state index is -4.38. The molecule has 8 N–H and O–H groups in total. The van der Waals surface area contributed by atoms with Crippen molar-refractivity contribution in [3.63, 3.8) is 0 Å². The molecular formula is C59H83N11O15S. The Morgan fingerprint density at radius 2 is 1.40 bits per heavy atom. The van der Waals surface area contributed by atoms with Gasteiger partial charge in [0.2, 0.25) is 27.7 Å². The zero-order chi connectivity index (χ0) is 63.0. The zero-order valence-corrected chi connectivity index (χ0v) is 51.3. The maximum Gasteiger partial charge on any atom is 0.408 e. The van der Waals surface area contributed by atoms with Gasteiger partial charge in [-0.3, -0.25) is 43.2 Å². The molecule has 26 nitrogen and oxygen atoms in total. The van der Waals surface area contributed by atoms with Crippen LogP contribution in [0, 0.1) is 13.8 Å². The molecule has 4 aromatic rings. The summed E-state index contributed by atoms with van der Waals surface area (Å²) in [6.07, 6.45) is 1.78. The number of benzene rings is 3. The van der Waals surface area contributed by atoms with Crippen LogP contribution in [0.4, 0.5) is 4.79 Å². The molecule has 3 aromatic carbocycles. The third-order valence-corrected chi connectivity index (χ3v) is 14.5. The molecule has 0 saturated heterocycles. The van der Waals surface area contributed by atoms with Crippen molar-refractivity contribution in [1.82, 2.24) is 51.7 Å². The second-order valence-electron chi connectivity index (χ2n) is 22.4. The minimum Gasteiger partial charge on any atom is -0.494 e. The van der Waals surface area contributed by atoms with Gasteiger partial charge in [-0.25, -0.2) is 13.2 Å². The molecule has 3 unspecified atom stereocenters. The van der Waals surface area contributed by atoms with Crippen molar-refractivity contribution in [2.24, 2.45) is 4.99 Å². The predicted octanol–water partition coefficient (Wildman–Crippen LogP) is 3.65. The lowest BCUT2D eigenvalue weighted by Crippen LogP contribution is -2.54. The average Bonchev–Trinajstić information content (AvgIpc) is 2.24. The molecule has 5 rings (SSSR count). The number of methoxy groups -OCH3 is 1. The van der Waals surface area contributed by atoms with Crippen LogP contribution in [0.5, 0.6) is 5.75 Å². The van der Waals surface area contributed by atoms with E-state index in [9.17, 15) is 46.8 Å². The molecule has 0 spiro atoms. The van der Waals surface area contributed by atoms with Crippen LogP contribution in [0.2, 0.25) is 0 Å². The Morgan fingerprint density at radius 3 is 2.02 bits per heavy atom. The van der Waals surface area contributed by atoms with Crippen molar-refractivity contribution in [2.45, 2.75) is 154 Å². The first kappa shape index (κ1) is 68.5. The molecule has 470 valence electrons. The first-order valence-corrected chi connectivity index (χ1v) is 30.0. The van der Waals surface area contributed by atoms with E-state index in [-0.39, 0.29) is 81.2 Å². The van der Waals surface area contributed by atoms with Crippen LogP contribution in [-0.4, -0.2) is 154 Å². The van der Waals surface area contributed by atoms with Crippen LogP contribution < -0.4 is 46.7 Å². The summed E-state index contributed by atoms with van der Waals surface area (Å²) in [7, 11) is -3.28. The summed E-state index contributed by atoms with van der Waals surface area (Å²) < 4.78 is 58.8. The number of aromatic nitrogens is 2. The summed E-state index contributed by atoms with van der Waals surface area (Å²) >= 11 is 0. The number of hydrogen-bond donors (Lipinski definition) is 8. The highest BCUT2D eigenvalue weighted by molar-refractivity contribution is 7.89. The Bertz CT molecular complexity index is 3120. The predicted molar refractivity (Wildman–Crippen MR) is 318 cm³/mol. The molecule has 86 heavy (non-hydrogen) atoms. The lowest BCUT2D eigenvalue weighted by Gasteiger charge is -2.24. The fourth-order valence-corrected chi connectivity index (χ4v) is 10.5. The lowest BCUT2D eigenvalue weighted by molar-refractivity contribution is -0.156. The zero-order valence-electron chi connectivity index (χ0n) is 50.5. The number of hydrogen-bond acceptors (Lipinski definition) is 19. The second kappa shape index (κ2) is 32.8. The van der Waals surface area contributed by atoms with Gasteiger partial charge in [0.05, 0.1) is 30.3 Å². The normalized spacial score (nSPS) is 13.5. The van der Waals surface area contributed by atoms with E-state index in [1.165, 1.54) is 12.1 Å². The van der Waals surface area contributed by atoms with Gasteiger partial charge in [-0.15, -0.1) is 0 Å². The molecule has 5 amide bonds. The molecular weight excluding hydrogens is 1130 g/mol. The molecule has 0 bridgehead atoms. The number of nitrogens with one attached hydrogen (secondary N) is 8. The van der Waals surface area contributed by atoms with Gasteiger partial charge >= 0.3 is 24.0 Å². The van der Waals surface area contributed by atoms with E-state index in [2.05, 4.69) is 52.0 Å². The van der Waals surface area contributed by atoms with Gasteiger partial charge in [0.1, 0.15) is 41.7 Å². The molecule has 3 atom stereocenters. The molecule has 1 aliphatic rings. The number of sulfonamides is 1. The fourth-order valence-electron chi connectivity index (χ4n) is 8.82. The molecule has 1 aliphatic heterocycles. The molecule has 27 heteroatoms. The van der Waals surface area contributed by atoms with Gasteiger partial charge in [0.15, 0.2) is 5.96 Å². The third-order valence-electron chi connectivity index (χ3n) is 12.7. The molecule has 0 fully saturated rings. The Balaban J connectivity index is 1.09. The maximum atomic E-state index is 13.9. The van der Waals surface area contributed by atoms with Crippen LogP contribution in [0.25, 0.3) is 10.9 Å². The smallest absolute Gasteiger partial charge is 0.408 e. The van der Waals surface area contributed by atoms with Crippen LogP contribution in [0.1, 0.15) is 120 Å². The van der Waals surface area contributed by atoms with Crippen LogP contribution in [0.15, 0.2) is 76.7 Å². The van der Waals surface area contributed by atoms with E-state index in [1.807, 2.05) is 4.68 Å². The number of carbonyl (C=O) groups excluding carboxylic acids is 8. The van der Waals surface area contributed by atoms with Gasteiger partial charge < -0.3 is 60.9 Å². The number of alkyl carbamates (subject to hydrolysis) is 1. The number of amides is 5. The van der Waals surface area contributed by atoms with Crippen LogP contribution in [0.3, 0.4) is 0 Å². The van der Waals surface area contributed by atoms with E-state index in [1.54, 1.807) is 110 Å². The number of rotatable bonds is 31. The van der Waals surface area contributed by atoms with E-state index in [4.69, 9.17) is 23.7 Å². The number of guanidine groups is 1. The third kappa shape index (κ3) is 23.6. The largest absolute Gasteiger partial charge is 0.494 e. The Labute approximate surface area is 501 Å². The summed E-state index contributed by atoms with van der Waals surface area (Å²) in [5.74, 6) is -3.54. The van der Waals surface area contributed by atoms with Crippen molar-refractivity contribution in [3.8, 4) is 5.75 Å². The van der Waals surface area contributed by atoms with Crippen LogP contribution >= 0.6 is 0 Å². The van der Waals surface area contributed by atoms with Crippen molar-refractivity contribution in [3.05, 3.63) is 89.1 Å². The number of carbonyl (C=O) groups is 8. The molecule has 2 heterocycles. The summed E-state index contributed by atoms with van der Waals surface area (Å²) in [6.45, 7) is 15.6. The Morgan fingerprint density at radius 1 is 0.744 bits per heavy atom. The number of nitrogens with zero attached hydrogens (tertiary/aromatic N) is 3. The highest BCUT2D eigenvalue weighted by atomic mass is 32.2. The minimum absolute atomic E-state index is 0.0148. The van der Waals surface area contributed by atoms with Crippen molar-refractivity contribution < 1.29 is 70.5 Å². The second-order valence-corrected chi connectivity index (χ2v) is 24.0. The molecule has 0 radical (unpaired) electrons. The van der Waals surface area contributed by atoms with Gasteiger partial charge in [0.25, 0.3) is 5.91 Å². The molecule has 0 aliphatic carbocycles. The topological polar surface area (TPSA) is 343 Å². The number of fused-ring (bicyclic) bond motifs is 1.